The van der Waals surface area contributed by atoms with Crippen molar-refractivity contribution in [2.75, 3.05) is 6.54 Å². The van der Waals surface area contributed by atoms with E-state index >= 15 is 0 Å². The fraction of sp³-hybridized carbons (Fsp3) is 0.273. The highest BCUT2D eigenvalue weighted by Gasteiger charge is 2.31. The largest absolute Gasteiger partial charge is 0.480 e. The highest BCUT2D eigenvalue weighted by Crippen LogP contribution is 2.23. The number of hydrogen-bond donors (Lipinski definition) is 5. The van der Waals surface area contributed by atoms with Crippen LogP contribution in [0.5, 0.6) is 0 Å². The summed E-state index contributed by atoms with van der Waals surface area (Å²) in [7, 11) is 0. The predicted octanol–water partition coefficient (Wildman–Crippen LogP) is 3.42. The molecule has 12 heteroatoms. The average molecular weight is 620 g/mol. The number of carbonyl (C=O) groups excluding carboxylic acids is 2. The van der Waals surface area contributed by atoms with E-state index in [-0.39, 0.29) is 41.1 Å². The maximum Gasteiger partial charge on any atom is 0.328 e. The van der Waals surface area contributed by atoms with E-state index in [1.54, 1.807) is 0 Å². The Bertz CT molecular complexity index is 1070. The van der Waals surface area contributed by atoms with Gasteiger partial charge in [0.2, 0.25) is 5.91 Å². The number of rotatable bonds is 12. The van der Waals surface area contributed by atoms with Gasteiger partial charge in [0.05, 0.1) is 16.5 Å². The third kappa shape index (κ3) is 8.75. The predicted molar refractivity (Wildman–Crippen MR) is 139 cm³/mol. The van der Waals surface area contributed by atoms with E-state index in [1.165, 1.54) is 18.2 Å². The normalized spacial score (nSPS) is 11.5. The van der Waals surface area contributed by atoms with Gasteiger partial charge < -0.3 is 16.2 Å². The maximum absolute atomic E-state index is 13.1. The first-order valence-electron chi connectivity index (χ1n) is 10.2. The molecule has 0 aliphatic carbocycles. The number of nitrogens with one attached hydrogen (secondary N) is 3. The first-order valence-corrected chi connectivity index (χ1v) is 12.0. The number of nitrogens with two attached hydrogens (primary N) is 1. The van der Waals surface area contributed by atoms with Crippen molar-refractivity contribution in [1.82, 2.24) is 15.8 Å². The standard InChI is InChI=1S/C22H24Cl2IN5O4/c23-16-7-6-14(10-17(16)24)19(31)11-20(32)30(29-12-13-3-1-4-15(25)9-13)18(21(33)34)5-2-8-28-22(26)27/h1,3-4,6-7,9-10,18,29H,2,5,8,11-12H2,(H,33,34)(H4,26,27,28)/t18-/m0/s1. The van der Waals surface area contributed by atoms with E-state index in [4.69, 9.17) is 34.3 Å². The van der Waals surface area contributed by atoms with Gasteiger partial charge in [0, 0.05) is 22.2 Å². The number of amides is 1. The number of carbonyl (C=O) groups is 3. The number of carboxylic acid groups (broad SMARTS) is 1. The van der Waals surface area contributed by atoms with Gasteiger partial charge in [-0.1, -0.05) is 35.3 Å². The number of halogens is 3. The van der Waals surface area contributed by atoms with Gasteiger partial charge in [-0.05, 0) is 71.3 Å². The second-order valence-corrected chi connectivity index (χ2v) is 9.35. The molecule has 0 aromatic heterocycles. The van der Waals surface area contributed by atoms with Gasteiger partial charge >= 0.3 is 5.97 Å². The van der Waals surface area contributed by atoms with E-state index in [2.05, 4.69) is 33.3 Å². The molecular weight excluding hydrogens is 596 g/mol. The van der Waals surface area contributed by atoms with Crippen molar-refractivity contribution in [3.63, 3.8) is 0 Å². The fourth-order valence-electron chi connectivity index (χ4n) is 3.07. The van der Waals surface area contributed by atoms with Crippen molar-refractivity contribution in [3.05, 3.63) is 67.2 Å². The van der Waals surface area contributed by atoms with Gasteiger partial charge in [0.1, 0.15) is 6.04 Å². The van der Waals surface area contributed by atoms with Gasteiger partial charge in [0.25, 0.3) is 0 Å². The highest BCUT2D eigenvalue weighted by atomic mass is 127. The van der Waals surface area contributed by atoms with Crippen LogP contribution in [0.1, 0.15) is 35.2 Å². The molecule has 1 atom stereocenters. The summed E-state index contributed by atoms with van der Waals surface area (Å²) in [4.78, 5) is 37.8. The lowest BCUT2D eigenvalue weighted by Gasteiger charge is -2.29. The topological polar surface area (TPSA) is 149 Å². The number of Topliss-reactive ketones (excluding diaryl/α,β-unsaturated/α-hetero) is 1. The Morgan fingerprint density at radius 3 is 2.50 bits per heavy atom. The van der Waals surface area contributed by atoms with Crippen molar-refractivity contribution < 1.29 is 19.5 Å². The number of nitrogens with zero attached hydrogens (tertiary/aromatic N) is 1. The number of aliphatic carboxylic acids is 1. The Labute approximate surface area is 220 Å². The third-order valence-corrected chi connectivity index (χ3v) is 6.14. The van der Waals surface area contributed by atoms with Gasteiger partial charge in [-0.25, -0.2) is 10.2 Å². The average Bonchev–Trinajstić information content (AvgIpc) is 2.76. The summed E-state index contributed by atoms with van der Waals surface area (Å²) in [6.07, 6.45) is -0.166. The number of benzene rings is 2. The van der Waals surface area contributed by atoms with E-state index in [1.807, 2.05) is 24.3 Å². The van der Waals surface area contributed by atoms with Crippen LogP contribution in [-0.4, -0.2) is 46.3 Å². The summed E-state index contributed by atoms with van der Waals surface area (Å²) in [5.41, 5.74) is 9.17. The molecule has 34 heavy (non-hydrogen) atoms. The van der Waals surface area contributed by atoms with Crippen molar-refractivity contribution in [2.45, 2.75) is 31.8 Å². The summed E-state index contributed by atoms with van der Waals surface area (Å²) in [6.45, 7) is 0.444. The van der Waals surface area contributed by atoms with Crippen LogP contribution in [0, 0.1) is 8.98 Å². The molecule has 2 aromatic carbocycles. The van der Waals surface area contributed by atoms with Crippen LogP contribution in [0.3, 0.4) is 0 Å². The van der Waals surface area contributed by atoms with E-state index in [0.717, 1.165) is 14.1 Å². The molecule has 0 radical (unpaired) electrons. The zero-order valence-electron chi connectivity index (χ0n) is 18.0. The van der Waals surface area contributed by atoms with Crippen LogP contribution in [0.15, 0.2) is 42.5 Å². The molecule has 1 amide bonds. The molecular formula is C22H24Cl2IN5O4. The van der Waals surface area contributed by atoms with Crippen LogP contribution in [0.25, 0.3) is 0 Å². The van der Waals surface area contributed by atoms with Gasteiger partial charge in [-0.2, -0.15) is 0 Å². The number of ketones is 1. The molecule has 0 fully saturated rings. The molecule has 9 nitrogen and oxygen atoms in total. The minimum Gasteiger partial charge on any atom is -0.480 e. The zero-order valence-corrected chi connectivity index (χ0v) is 21.7. The number of carboxylic acids is 1. The SMILES string of the molecule is N=C(N)NCCC[C@@H](C(=O)O)N(NCc1cccc(I)c1)C(=O)CC(=O)c1ccc(Cl)c(Cl)c1. The lowest BCUT2D eigenvalue weighted by Crippen LogP contribution is -2.53. The molecule has 2 rings (SSSR count). The van der Waals surface area contributed by atoms with E-state index < -0.39 is 30.1 Å². The molecule has 182 valence electrons. The second-order valence-electron chi connectivity index (χ2n) is 7.29. The molecule has 0 aliphatic heterocycles. The Balaban J connectivity index is 2.20. The van der Waals surface area contributed by atoms with Crippen molar-refractivity contribution in [1.29, 1.82) is 5.41 Å². The molecule has 0 saturated heterocycles. The van der Waals surface area contributed by atoms with Crippen molar-refractivity contribution in [3.8, 4) is 0 Å². The van der Waals surface area contributed by atoms with Gasteiger partial charge in [-0.15, -0.1) is 0 Å². The second kappa shape index (κ2) is 13.5. The van der Waals surface area contributed by atoms with Gasteiger partial charge in [-0.3, -0.25) is 20.0 Å². The quantitative estimate of drug-likeness (QED) is 0.0465. The van der Waals surface area contributed by atoms with Crippen molar-refractivity contribution in [2.24, 2.45) is 5.73 Å². The minimum atomic E-state index is -1.24. The zero-order chi connectivity index (χ0) is 25.3. The lowest BCUT2D eigenvalue weighted by molar-refractivity contribution is -0.153. The van der Waals surface area contributed by atoms with Gasteiger partial charge in [0.15, 0.2) is 11.7 Å². The Hall–Kier alpha value is -2.41. The van der Waals surface area contributed by atoms with Crippen LogP contribution in [0.4, 0.5) is 0 Å². The van der Waals surface area contributed by atoms with Crippen LogP contribution in [-0.2, 0) is 16.1 Å². The summed E-state index contributed by atoms with van der Waals surface area (Å²) < 4.78 is 0.981. The first-order chi connectivity index (χ1) is 16.1. The Kier molecular flexibility index (Phi) is 11.0. The summed E-state index contributed by atoms with van der Waals surface area (Å²) in [6, 6.07) is 10.5. The molecule has 0 spiro atoms. The Morgan fingerprint density at radius 2 is 1.88 bits per heavy atom. The van der Waals surface area contributed by atoms with Crippen molar-refractivity contribution >= 4 is 69.4 Å². The summed E-state index contributed by atoms with van der Waals surface area (Å²) >= 11 is 14.0. The molecule has 0 aliphatic rings. The van der Waals surface area contributed by atoms with E-state index in [0.29, 0.717) is 6.42 Å². The smallest absolute Gasteiger partial charge is 0.328 e. The molecule has 0 heterocycles. The van der Waals surface area contributed by atoms with E-state index in [9.17, 15) is 19.5 Å². The number of hydrazine groups is 1. The summed E-state index contributed by atoms with van der Waals surface area (Å²) in [5.74, 6) is -2.68. The molecule has 0 saturated carbocycles. The highest BCUT2D eigenvalue weighted by molar-refractivity contribution is 14.1. The van der Waals surface area contributed by atoms with Crippen LogP contribution >= 0.6 is 45.8 Å². The minimum absolute atomic E-state index is 0.0711. The number of guanidine groups is 1. The molecule has 0 bridgehead atoms. The maximum atomic E-state index is 13.1. The third-order valence-electron chi connectivity index (χ3n) is 4.73. The van der Waals surface area contributed by atoms with Crippen LogP contribution < -0.4 is 16.5 Å². The Morgan fingerprint density at radius 1 is 1.15 bits per heavy atom. The van der Waals surface area contributed by atoms with Crippen LogP contribution in [0.2, 0.25) is 10.0 Å². The molecule has 2 aromatic rings. The first kappa shape index (κ1) is 27.8. The monoisotopic (exact) mass is 619 g/mol. The molecule has 0 unspecified atom stereocenters. The summed E-state index contributed by atoms with van der Waals surface area (Å²) in [5, 5.41) is 21.1. The number of hydrogen-bond acceptors (Lipinski definition) is 5. The lowest BCUT2D eigenvalue weighted by atomic mass is 10.1. The fourth-order valence-corrected chi connectivity index (χ4v) is 3.98. The molecule has 6 N–H and O–H groups in total.